The van der Waals surface area contributed by atoms with E-state index in [9.17, 15) is 19.7 Å². The van der Waals surface area contributed by atoms with Crippen molar-refractivity contribution in [2.45, 2.75) is 0 Å². The zero-order valence-electron chi connectivity index (χ0n) is 17.1. The Morgan fingerprint density at radius 3 is 2.41 bits per heavy atom. The topological polar surface area (TPSA) is 114 Å². The van der Waals surface area contributed by atoms with Crippen LogP contribution in [0.15, 0.2) is 76.3 Å². The lowest BCUT2D eigenvalue weighted by molar-refractivity contribution is -0.384. The second-order valence-corrected chi connectivity index (χ2v) is 9.31. The normalized spacial score (nSPS) is 11.0. The van der Waals surface area contributed by atoms with Gasteiger partial charge in [-0.05, 0) is 54.1 Å². The van der Waals surface area contributed by atoms with Crippen LogP contribution in [0.5, 0.6) is 0 Å². The molecule has 0 bridgehead atoms. The molecule has 0 aliphatic rings. The number of fused-ring (bicyclic) bond motifs is 1. The Morgan fingerprint density at radius 2 is 1.74 bits per heavy atom. The molecule has 0 fully saturated rings. The number of rotatable bonds is 6. The van der Waals surface area contributed by atoms with Gasteiger partial charge in [0, 0.05) is 37.9 Å². The van der Waals surface area contributed by atoms with Crippen molar-refractivity contribution in [3.63, 3.8) is 0 Å². The van der Waals surface area contributed by atoms with Gasteiger partial charge in [0.25, 0.3) is 17.5 Å². The van der Waals surface area contributed by atoms with Gasteiger partial charge in [-0.3, -0.25) is 19.7 Å². The van der Waals surface area contributed by atoms with E-state index in [2.05, 4.69) is 31.8 Å². The molecule has 0 unspecified atom stereocenters. The summed E-state index contributed by atoms with van der Waals surface area (Å²) in [6.07, 6.45) is 1.38. The quantitative estimate of drug-likeness (QED) is 0.166. The van der Waals surface area contributed by atoms with Crippen molar-refractivity contribution in [1.82, 2.24) is 5.43 Å². The molecule has 1 aromatic heterocycles. The number of halogens is 2. The minimum atomic E-state index is -0.495. The molecule has 0 saturated heterocycles. The van der Waals surface area contributed by atoms with Crippen molar-refractivity contribution in [2.24, 2.45) is 5.10 Å². The molecule has 0 saturated carbocycles. The average Bonchev–Trinajstić information content (AvgIpc) is 3.15. The molecule has 0 radical (unpaired) electrons. The van der Waals surface area contributed by atoms with Gasteiger partial charge in [-0.15, -0.1) is 11.3 Å². The Balaban J connectivity index is 1.38. The maximum absolute atomic E-state index is 12.7. The third-order valence-electron chi connectivity index (χ3n) is 4.69. The first-order valence-electron chi connectivity index (χ1n) is 9.68. The molecular weight excluding hydrogens is 544 g/mol. The van der Waals surface area contributed by atoms with E-state index >= 15 is 0 Å². The van der Waals surface area contributed by atoms with Crippen LogP contribution in [0.25, 0.3) is 10.1 Å². The molecule has 2 N–H and O–H groups in total. The number of benzene rings is 3. The van der Waals surface area contributed by atoms with Crippen molar-refractivity contribution < 1.29 is 14.5 Å². The Kier molecular flexibility index (Phi) is 7.01. The van der Waals surface area contributed by atoms with Gasteiger partial charge in [0.1, 0.15) is 4.88 Å². The number of amides is 2. The van der Waals surface area contributed by atoms with Crippen LogP contribution in [0.3, 0.4) is 0 Å². The van der Waals surface area contributed by atoms with Crippen LogP contribution in [0.2, 0.25) is 5.02 Å². The summed E-state index contributed by atoms with van der Waals surface area (Å²) in [6.45, 7) is 0. The molecular formula is C23H14BrClN4O4S. The van der Waals surface area contributed by atoms with Gasteiger partial charge in [-0.25, -0.2) is 5.43 Å². The highest BCUT2D eigenvalue weighted by atomic mass is 79.9. The first-order valence-corrected chi connectivity index (χ1v) is 11.7. The summed E-state index contributed by atoms with van der Waals surface area (Å²) in [5.41, 5.74) is 3.79. The van der Waals surface area contributed by atoms with Crippen molar-refractivity contribution >= 4 is 78.4 Å². The van der Waals surface area contributed by atoms with E-state index in [4.69, 9.17) is 11.6 Å². The Labute approximate surface area is 210 Å². The number of thiophene rings is 1. The second-order valence-electron chi connectivity index (χ2n) is 6.96. The van der Waals surface area contributed by atoms with Gasteiger partial charge in [0.05, 0.1) is 16.2 Å². The molecule has 0 atom stereocenters. The first-order chi connectivity index (χ1) is 16.3. The molecule has 1 heterocycles. The molecule has 3 aromatic carbocycles. The zero-order chi connectivity index (χ0) is 24.2. The van der Waals surface area contributed by atoms with Crippen molar-refractivity contribution in [1.29, 1.82) is 0 Å². The highest BCUT2D eigenvalue weighted by molar-refractivity contribution is 9.10. The summed E-state index contributed by atoms with van der Waals surface area (Å²) in [7, 11) is 0. The van der Waals surface area contributed by atoms with Crippen LogP contribution in [-0.2, 0) is 0 Å². The Morgan fingerprint density at radius 1 is 1.03 bits per heavy atom. The van der Waals surface area contributed by atoms with Crippen molar-refractivity contribution in [3.8, 4) is 0 Å². The van der Waals surface area contributed by atoms with Crippen LogP contribution in [0.1, 0.15) is 25.6 Å². The fraction of sp³-hybridized carbons (Fsp3) is 0. The van der Waals surface area contributed by atoms with Gasteiger partial charge in [0.15, 0.2) is 0 Å². The summed E-state index contributed by atoms with van der Waals surface area (Å²) >= 11 is 11.1. The van der Waals surface area contributed by atoms with Gasteiger partial charge in [0.2, 0.25) is 0 Å². The predicted molar refractivity (Wildman–Crippen MR) is 137 cm³/mol. The summed E-state index contributed by atoms with van der Waals surface area (Å²) < 4.78 is 1.79. The fourth-order valence-corrected chi connectivity index (χ4v) is 4.95. The lowest BCUT2D eigenvalue weighted by atomic mass is 10.2. The van der Waals surface area contributed by atoms with Crippen LogP contribution >= 0.6 is 38.9 Å². The third kappa shape index (κ3) is 5.30. The summed E-state index contributed by atoms with van der Waals surface area (Å²) in [5, 5.41) is 18.5. The highest BCUT2D eigenvalue weighted by Crippen LogP contribution is 2.37. The molecule has 34 heavy (non-hydrogen) atoms. The first kappa shape index (κ1) is 23.6. The number of nitrogens with zero attached hydrogens (tertiary/aromatic N) is 2. The fourth-order valence-electron chi connectivity index (χ4n) is 2.99. The standard InChI is InChI=1S/C23H14BrClN4O4S/c24-15-5-10-18-19(11-15)34-21(20(18)25)23(31)27-16-6-3-14(4-7-16)22(30)28-26-12-13-1-8-17(9-2-13)29(32)33/h1-12H,(H,27,31)(H,28,30)/b26-12-. The predicted octanol–water partition coefficient (Wildman–Crippen LogP) is 6.24. The molecule has 11 heteroatoms. The van der Waals surface area contributed by atoms with E-state index in [1.807, 2.05) is 18.2 Å². The minimum Gasteiger partial charge on any atom is -0.321 e. The van der Waals surface area contributed by atoms with E-state index in [1.54, 1.807) is 24.3 Å². The largest absolute Gasteiger partial charge is 0.321 e. The summed E-state index contributed by atoms with van der Waals surface area (Å²) in [6, 6.07) is 17.7. The zero-order valence-corrected chi connectivity index (χ0v) is 20.3. The number of hydrazone groups is 1. The number of non-ortho nitro benzene ring substituents is 1. The lowest BCUT2D eigenvalue weighted by Gasteiger charge is -2.05. The van der Waals surface area contributed by atoms with Crippen molar-refractivity contribution in [2.75, 3.05) is 5.32 Å². The molecule has 0 aliphatic heterocycles. The molecule has 8 nitrogen and oxygen atoms in total. The number of nitro groups is 1. The SMILES string of the molecule is O=C(N/N=C\c1ccc([N+](=O)[O-])cc1)c1ccc(NC(=O)c2sc3cc(Br)ccc3c2Cl)cc1. The highest BCUT2D eigenvalue weighted by Gasteiger charge is 2.17. The third-order valence-corrected chi connectivity index (χ3v) is 6.84. The van der Waals surface area contributed by atoms with E-state index in [0.717, 1.165) is 14.6 Å². The van der Waals surface area contributed by atoms with Crippen LogP contribution in [0, 0.1) is 10.1 Å². The number of anilines is 1. The molecule has 0 aliphatic carbocycles. The number of carbonyl (C=O) groups is 2. The van der Waals surface area contributed by atoms with E-state index in [0.29, 0.717) is 26.7 Å². The molecule has 0 spiro atoms. The van der Waals surface area contributed by atoms with Crippen LogP contribution < -0.4 is 10.7 Å². The summed E-state index contributed by atoms with van der Waals surface area (Å²) in [5.74, 6) is -0.790. The smallest absolute Gasteiger partial charge is 0.271 e. The monoisotopic (exact) mass is 556 g/mol. The van der Waals surface area contributed by atoms with Gasteiger partial charge in [-0.1, -0.05) is 33.6 Å². The van der Waals surface area contributed by atoms with Crippen LogP contribution in [0.4, 0.5) is 11.4 Å². The maximum atomic E-state index is 12.7. The molecule has 170 valence electrons. The van der Waals surface area contributed by atoms with Gasteiger partial charge >= 0.3 is 0 Å². The minimum absolute atomic E-state index is 0.0314. The van der Waals surface area contributed by atoms with E-state index < -0.39 is 10.8 Å². The number of carbonyl (C=O) groups excluding carboxylic acids is 2. The van der Waals surface area contributed by atoms with E-state index in [-0.39, 0.29) is 11.6 Å². The van der Waals surface area contributed by atoms with Gasteiger partial charge in [-0.2, -0.15) is 5.10 Å². The van der Waals surface area contributed by atoms with Gasteiger partial charge < -0.3 is 5.32 Å². The maximum Gasteiger partial charge on any atom is 0.271 e. The van der Waals surface area contributed by atoms with Crippen molar-refractivity contribution in [3.05, 3.63) is 102 Å². The van der Waals surface area contributed by atoms with E-state index in [1.165, 1.54) is 41.8 Å². The number of nitrogens with one attached hydrogen (secondary N) is 2. The molecule has 4 rings (SSSR count). The lowest BCUT2D eigenvalue weighted by Crippen LogP contribution is -2.17. The number of hydrogen-bond acceptors (Lipinski definition) is 6. The molecule has 2 amide bonds. The number of nitro benzene ring substituents is 1. The number of hydrogen-bond donors (Lipinski definition) is 2. The average molecular weight is 558 g/mol. The molecule has 4 aromatic rings. The Bertz CT molecular complexity index is 1440. The second kappa shape index (κ2) is 10.1. The summed E-state index contributed by atoms with van der Waals surface area (Å²) in [4.78, 5) is 35.6. The Hall–Kier alpha value is -3.60. The van der Waals surface area contributed by atoms with Crippen LogP contribution in [-0.4, -0.2) is 23.0 Å².